The third-order valence-electron chi connectivity index (χ3n) is 1.82. The van der Waals surface area contributed by atoms with Gasteiger partial charge in [0.05, 0.1) is 5.56 Å². The lowest BCUT2D eigenvalue weighted by molar-refractivity contribution is 0.0951. The lowest BCUT2D eigenvalue weighted by Crippen LogP contribution is -2.25. The molecule has 0 atom stereocenters. The maximum absolute atomic E-state index is 11.4. The van der Waals surface area contributed by atoms with E-state index >= 15 is 0 Å². The highest BCUT2D eigenvalue weighted by molar-refractivity contribution is 5.96. The van der Waals surface area contributed by atoms with Crippen LogP contribution < -0.4 is 11.1 Å². The molecule has 0 saturated heterocycles. The van der Waals surface area contributed by atoms with Gasteiger partial charge in [0.25, 0.3) is 5.91 Å². The summed E-state index contributed by atoms with van der Waals surface area (Å²) in [4.78, 5) is 11.4. The van der Waals surface area contributed by atoms with Gasteiger partial charge in [-0.1, -0.05) is 12.1 Å². The van der Waals surface area contributed by atoms with Crippen LogP contribution in [0.5, 0.6) is 5.75 Å². The van der Waals surface area contributed by atoms with Crippen LogP contribution in [-0.4, -0.2) is 24.1 Å². The van der Waals surface area contributed by atoms with Gasteiger partial charge in [-0.3, -0.25) is 4.79 Å². The SMILES string of the molecule is NCCCNC(=O)c1ccccc1O. The number of nitrogens with two attached hydrogens (primary N) is 1. The molecule has 1 aromatic rings. The third-order valence-corrected chi connectivity index (χ3v) is 1.82. The van der Waals surface area contributed by atoms with Crippen molar-refractivity contribution < 1.29 is 9.90 Å². The van der Waals surface area contributed by atoms with Crippen molar-refractivity contribution in [2.24, 2.45) is 5.73 Å². The van der Waals surface area contributed by atoms with Crippen molar-refractivity contribution in [2.45, 2.75) is 6.42 Å². The molecular weight excluding hydrogens is 180 g/mol. The van der Waals surface area contributed by atoms with Crippen LogP contribution in [-0.2, 0) is 0 Å². The first-order valence-corrected chi connectivity index (χ1v) is 4.52. The summed E-state index contributed by atoms with van der Waals surface area (Å²) in [6.07, 6.45) is 0.735. The number of aromatic hydroxyl groups is 1. The van der Waals surface area contributed by atoms with Crippen molar-refractivity contribution in [3.8, 4) is 5.75 Å². The van der Waals surface area contributed by atoms with Gasteiger partial charge >= 0.3 is 0 Å². The summed E-state index contributed by atoms with van der Waals surface area (Å²) in [5.41, 5.74) is 5.58. The van der Waals surface area contributed by atoms with Crippen molar-refractivity contribution in [1.82, 2.24) is 5.32 Å². The van der Waals surface area contributed by atoms with E-state index in [1.54, 1.807) is 18.2 Å². The van der Waals surface area contributed by atoms with E-state index in [1.807, 2.05) is 0 Å². The van der Waals surface area contributed by atoms with Crippen molar-refractivity contribution in [3.05, 3.63) is 29.8 Å². The molecule has 0 aliphatic heterocycles. The predicted molar refractivity (Wildman–Crippen MR) is 54.1 cm³/mol. The molecule has 0 aromatic heterocycles. The Labute approximate surface area is 82.7 Å². The maximum atomic E-state index is 11.4. The monoisotopic (exact) mass is 194 g/mol. The average Bonchev–Trinajstić information content (AvgIpc) is 2.18. The Morgan fingerprint density at radius 2 is 2.14 bits per heavy atom. The number of amides is 1. The standard InChI is InChI=1S/C10H14N2O2/c11-6-3-7-12-10(14)8-4-1-2-5-9(8)13/h1-2,4-5,13H,3,6-7,11H2,(H,12,14). The molecule has 0 unspecified atom stereocenters. The number of phenols is 1. The number of hydrogen-bond acceptors (Lipinski definition) is 3. The summed E-state index contributed by atoms with van der Waals surface area (Å²) < 4.78 is 0. The van der Waals surface area contributed by atoms with Crippen molar-refractivity contribution in [2.75, 3.05) is 13.1 Å². The fourth-order valence-electron chi connectivity index (χ4n) is 1.06. The molecule has 4 heteroatoms. The molecular formula is C10H14N2O2. The van der Waals surface area contributed by atoms with Crippen LogP contribution in [0.25, 0.3) is 0 Å². The van der Waals surface area contributed by atoms with Gasteiger partial charge in [-0.15, -0.1) is 0 Å². The Morgan fingerprint density at radius 3 is 2.79 bits per heavy atom. The molecule has 0 aliphatic rings. The minimum atomic E-state index is -0.267. The highest BCUT2D eigenvalue weighted by atomic mass is 16.3. The zero-order valence-corrected chi connectivity index (χ0v) is 7.86. The molecule has 4 nitrogen and oxygen atoms in total. The highest BCUT2D eigenvalue weighted by Gasteiger charge is 2.08. The molecule has 0 fully saturated rings. The molecule has 1 rings (SSSR count). The number of benzene rings is 1. The van der Waals surface area contributed by atoms with E-state index in [4.69, 9.17) is 5.73 Å². The van der Waals surface area contributed by atoms with E-state index in [2.05, 4.69) is 5.32 Å². The van der Waals surface area contributed by atoms with Crippen LogP contribution in [0.2, 0.25) is 0 Å². The largest absolute Gasteiger partial charge is 0.507 e. The summed E-state index contributed by atoms with van der Waals surface area (Å²) >= 11 is 0. The molecule has 1 amide bonds. The van der Waals surface area contributed by atoms with E-state index in [1.165, 1.54) is 6.07 Å². The molecule has 1 aromatic carbocycles. The van der Waals surface area contributed by atoms with Gasteiger partial charge in [0.15, 0.2) is 0 Å². The zero-order chi connectivity index (χ0) is 10.4. The van der Waals surface area contributed by atoms with Gasteiger partial charge in [0.1, 0.15) is 5.75 Å². The van der Waals surface area contributed by atoms with Crippen LogP contribution in [0.3, 0.4) is 0 Å². The summed E-state index contributed by atoms with van der Waals surface area (Å²) in [6, 6.07) is 6.44. The smallest absolute Gasteiger partial charge is 0.255 e. The number of hydrogen-bond donors (Lipinski definition) is 3. The van der Waals surface area contributed by atoms with Gasteiger partial charge in [-0.05, 0) is 25.1 Å². The Bertz CT molecular complexity index is 313. The molecule has 0 radical (unpaired) electrons. The van der Waals surface area contributed by atoms with Crippen molar-refractivity contribution in [3.63, 3.8) is 0 Å². The lowest BCUT2D eigenvalue weighted by atomic mass is 10.2. The maximum Gasteiger partial charge on any atom is 0.255 e. The Hall–Kier alpha value is -1.55. The molecule has 0 aliphatic carbocycles. The summed E-state index contributed by atoms with van der Waals surface area (Å²) in [5, 5.41) is 12.0. The fourth-order valence-corrected chi connectivity index (χ4v) is 1.06. The molecule has 0 heterocycles. The topological polar surface area (TPSA) is 75.3 Å². The lowest BCUT2D eigenvalue weighted by Gasteiger charge is -2.05. The van der Waals surface area contributed by atoms with Gasteiger partial charge in [-0.25, -0.2) is 0 Å². The molecule has 0 saturated carbocycles. The number of rotatable bonds is 4. The third kappa shape index (κ3) is 2.74. The molecule has 14 heavy (non-hydrogen) atoms. The Balaban J connectivity index is 2.56. The van der Waals surface area contributed by atoms with E-state index in [9.17, 15) is 9.90 Å². The number of carbonyl (C=O) groups excluding carboxylic acids is 1. The second-order valence-corrected chi connectivity index (χ2v) is 2.92. The van der Waals surface area contributed by atoms with E-state index in [-0.39, 0.29) is 11.7 Å². The van der Waals surface area contributed by atoms with Crippen LogP contribution in [0.1, 0.15) is 16.8 Å². The van der Waals surface area contributed by atoms with Gasteiger partial charge < -0.3 is 16.2 Å². The van der Waals surface area contributed by atoms with E-state index in [0.717, 1.165) is 6.42 Å². The van der Waals surface area contributed by atoms with Gasteiger partial charge in [-0.2, -0.15) is 0 Å². The number of nitrogens with one attached hydrogen (secondary N) is 1. The Morgan fingerprint density at radius 1 is 1.43 bits per heavy atom. The minimum Gasteiger partial charge on any atom is -0.507 e. The van der Waals surface area contributed by atoms with Crippen LogP contribution >= 0.6 is 0 Å². The van der Waals surface area contributed by atoms with E-state index < -0.39 is 0 Å². The Kier molecular flexibility index (Phi) is 3.94. The summed E-state index contributed by atoms with van der Waals surface area (Å²) in [7, 11) is 0. The second kappa shape index (κ2) is 5.24. The van der Waals surface area contributed by atoms with Crippen molar-refractivity contribution >= 4 is 5.91 Å². The second-order valence-electron chi connectivity index (χ2n) is 2.92. The van der Waals surface area contributed by atoms with Gasteiger partial charge in [0, 0.05) is 6.54 Å². The molecule has 0 spiro atoms. The van der Waals surface area contributed by atoms with Crippen LogP contribution in [0, 0.1) is 0 Å². The quantitative estimate of drug-likeness (QED) is 0.610. The average molecular weight is 194 g/mol. The normalized spacial score (nSPS) is 9.79. The van der Waals surface area contributed by atoms with E-state index in [0.29, 0.717) is 18.7 Å². The first-order valence-electron chi connectivity index (χ1n) is 4.52. The summed E-state index contributed by atoms with van der Waals surface area (Å²) in [5.74, 6) is -0.269. The van der Waals surface area contributed by atoms with Crippen LogP contribution in [0.4, 0.5) is 0 Å². The predicted octanol–water partition coefficient (Wildman–Crippen LogP) is 0.471. The molecule has 0 bridgehead atoms. The van der Waals surface area contributed by atoms with Gasteiger partial charge in [0.2, 0.25) is 0 Å². The zero-order valence-electron chi connectivity index (χ0n) is 7.86. The number of carbonyl (C=O) groups is 1. The number of para-hydroxylation sites is 1. The molecule has 4 N–H and O–H groups in total. The van der Waals surface area contributed by atoms with Crippen molar-refractivity contribution in [1.29, 1.82) is 0 Å². The minimum absolute atomic E-state index is 0.00208. The fraction of sp³-hybridized carbons (Fsp3) is 0.300. The molecule has 76 valence electrons. The first kappa shape index (κ1) is 10.5. The number of phenolic OH excluding ortho intramolecular Hbond substituents is 1. The first-order chi connectivity index (χ1) is 6.75. The summed E-state index contributed by atoms with van der Waals surface area (Å²) in [6.45, 7) is 1.07. The van der Waals surface area contributed by atoms with Crippen LogP contribution in [0.15, 0.2) is 24.3 Å². The highest BCUT2D eigenvalue weighted by Crippen LogP contribution is 2.14.